The van der Waals surface area contributed by atoms with Crippen molar-refractivity contribution in [2.24, 2.45) is 0 Å². The van der Waals surface area contributed by atoms with Gasteiger partial charge in [-0.15, -0.1) is 0 Å². The molecule has 0 radical (unpaired) electrons. The summed E-state index contributed by atoms with van der Waals surface area (Å²) >= 11 is 0. The number of benzene rings is 2. The van der Waals surface area contributed by atoms with Crippen LogP contribution in [0.2, 0.25) is 0 Å². The normalized spacial score (nSPS) is 11.2. The van der Waals surface area contributed by atoms with E-state index in [1.807, 2.05) is 43.5 Å². The molecule has 0 atom stereocenters. The molecule has 0 fully saturated rings. The van der Waals surface area contributed by atoms with E-state index in [0.29, 0.717) is 12.2 Å². The summed E-state index contributed by atoms with van der Waals surface area (Å²) < 4.78 is 42.2. The van der Waals surface area contributed by atoms with Crippen LogP contribution in [-0.4, -0.2) is 10.5 Å². The van der Waals surface area contributed by atoms with Crippen molar-refractivity contribution < 1.29 is 18.0 Å². The molecule has 0 bridgehead atoms. The minimum atomic E-state index is -1.61. The van der Waals surface area contributed by atoms with Crippen molar-refractivity contribution in [3.63, 3.8) is 0 Å². The molecular formula is C20H19F3N2O. The topological polar surface area (TPSA) is 34.0 Å². The number of halogens is 3. The fraction of sp³-hybridized carbons (Fsp3) is 0.250. The smallest absolute Gasteiger partial charge is 0.272 e. The van der Waals surface area contributed by atoms with Crippen molar-refractivity contribution in [1.29, 1.82) is 0 Å². The SMILES string of the molecule is CCc1ccc2c(c1)c(C)c(C(=O)Nc1ccc(F)c(F)c1F)n2CC. The van der Waals surface area contributed by atoms with Crippen LogP contribution in [0.5, 0.6) is 0 Å². The largest absolute Gasteiger partial charge is 0.337 e. The lowest BCUT2D eigenvalue weighted by molar-refractivity contribution is 0.101. The van der Waals surface area contributed by atoms with Crippen LogP contribution in [0.15, 0.2) is 30.3 Å². The van der Waals surface area contributed by atoms with E-state index in [9.17, 15) is 18.0 Å². The molecule has 136 valence electrons. The maximum Gasteiger partial charge on any atom is 0.272 e. The summed E-state index contributed by atoms with van der Waals surface area (Å²) in [5, 5.41) is 3.30. The molecule has 1 N–H and O–H groups in total. The molecule has 0 saturated carbocycles. The summed E-state index contributed by atoms with van der Waals surface area (Å²) in [7, 11) is 0. The van der Waals surface area contributed by atoms with Gasteiger partial charge in [0.05, 0.1) is 5.69 Å². The average molecular weight is 360 g/mol. The quantitative estimate of drug-likeness (QED) is 0.638. The van der Waals surface area contributed by atoms with E-state index in [-0.39, 0.29) is 0 Å². The number of carbonyl (C=O) groups is 1. The van der Waals surface area contributed by atoms with Crippen LogP contribution in [0.1, 0.15) is 35.5 Å². The van der Waals surface area contributed by atoms with Crippen molar-refractivity contribution in [2.75, 3.05) is 5.32 Å². The third kappa shape index (κ3) is 2.85. The predicted octanol–water partition coefficient (Wildman–Crippen LogP) is 5.20. The van der Waals surface area contributed by atoms with Crippen LogP contribution < -0.4 is 5.32 Å². The minimum Gasteiger partial charge on any atom is -0.337 e. The van der Waals surface area contributed by atoms with Gasteiger partial charge >= 0.3 is 0 Å². The van der Waals surface area contributed by atoms with Gasteiger partial charge in [-0.1, -0.05) is 13.0 Å². The molecule has 3 rings (SSSR count). The number of aryl methyl sites for hydroxylation is 3. The number of hydrogen-bond donors (Lipinski definition) is 1. The molecule has 26 heavy (non-hydrogen) atoms. The first-order valence-electron chi connectivity index (χ1n) is 8.45. The highest BCUT2D eigenvalue weighted by Gasteiger charge is 2.22. The Labute approximate surface area is 149 Å². The zero-order valence-corrected chi connectivity index (χ0v) is 14.8. The molecule has 1 heterocycles. The lowest BCUT2D eigenvalue weighted by atomic mass is 10.1. The predicted molar refractivity (Wildman–Crippen MR) is 96.0 cm³/mol. The Kier molecular flexibility index (Phi) is 4.76. The summed E-state index contributed by atoms with van der Waals surface area (Å²) in [6.07, 6.45) is 0.869. The zero-order chi connectivity index (χ0) is 19.0. The van der Waals surface area contributed by atoms with E-state index in [4.69, 9.17) is 0 Å². The maximum absolute atomic E-state index is 13.9. The van der Waals surface area contributed by atoms with E-state index in [1.54, 1.807) is 0 Å². The molecule has 0 unspecified atom stereocenters. The molecule has 3 nitrogen and oxygen atoms in total. The van der Waals surface area contributed by atoms with Gasteiger partial charge in [-0.3, -0.25) is 4.79 Å². The van der Waals surface area contributed by atoms with Crippen molar-refractivity contribution in [2.45, 2.75) is 33.7 Å². The van der Waals surface area contributed by atoms with Crippen LogP contribution in [0.25, 0.3) is 10.9 Å². The van der Waals surface area contributed by atoms with Gasteiger partial charge in [0.15, 0.2) is 17.5 Å². The van der Waals surface area contributed by atoms with Gasteiger partial charge in [0.2, 0.25) is 0 Å². The van der Waals surface area contributed by atoms with Gasteiger partial charge in [0, 0.05) is 17.4 Å². The van der Waals surface area contributed by atoms with Crippen LogP contribution in [0.3, 0.4) is 0 Å². The Morgan fingerprint density at radius 1 is 1.08 bits per heavy atom. The Balaban J connectivity index is 2.08. The highest BCUT2D eigenvalue weighted by atomic mass is 19.2. The first-order chi connectivity index (χ1) is 12.4. The number of aromatic nitrogens is 1. The molecule has 1 amide bonds. The van der Waals surface area contributed by atoms with Crippen LogP contribution in [0.4, 0.5) is 18.9 Å². The Morgan fingerprint density at radius 2 is 1.81 bits per heavy atom. The molecular weight excluding hydrogens is 341 g/mol. The van der Waals surface area contributed by atoms with Crippen molar-refractivity contribution in [3.05, 3.63) is 64.6 Å². The van der Waals surface area contributed by atoms with Crippen LogP contribution >= 0.6 is 0 Å². The third-order valence-corrected chi connectivity index (χ3v) is 4.60. The summed E-state index contributed by atoms with van der Waals surface area (Å²) in [5.74, 6) is -4.89. The van der Waals surface area contributed by atoms with Gasteiger partial charge in [0.25, 0.3) is 5.91 Å². The molecule has 0 spiro atoms. The molecule has 0 aliphatic rings. The molecule has 3 aromatic rings. The zero-order valence-electron chi connectivity index (χ0n) is 14.8. The second kappa shape index (κ2) is 6.86. The Bertz CT molecular complexity index is 1010. The van der Waals surface area contributed by atoms with Crippen molar-refractivity contribution in [3.8, 4) is 0 Å². The van der Waals surface area contributed by atoms with E-state index >= 15 is 0 Å². The average Bonchev–Trinajstić information content (AvgIpc) is 2.93. The number of hydrogen-bond acceptors (Lipinski definition) is 1. The fourth-order valence-corrected chi connectivity index (χ4v) is 3.21. The van der Waals surface area contributed by atoms with Gasteiger partial charge in [-0.05, 0) is 55.7 Å². The number of amides is 1. The molecule has 0 aliphatic carbocycles. The third-order valence-electron chi connectivity index (χ3n) is 4.60. The second-order valence-electron chi connectivity index (χ2n) is 6.10. The number of nitrogens with one attached hydrogen (secondary N) is 1. The van der Waals surface area contributed by atoms with Gasteiger partial charge in [-0.2, -0.15) is 0 Å². The fourth-order valence-electron chi connectivity index (χ4n) is 3.21. The molecule has 0 aliphatic heterocycles. The van der Waals surface area contributed by atoms with E-state index in [1.165, 1.54) is 0 Å². The number of carbonyl (C=O) groups excluding carboxylic acids is 1. The van der Waals surface area contributed by atoms with Crippen molar-refractivity contribution in [1.82, 2.24) is 4.57 Å². The summed E-state index contributed by atoms with van der Waals surface area (Å²) in [4.78, 5) is 12.8. The molecule has 1 aromatic heterocycles. The van der Waals surface area contributed by atoms with Gasteiger partial charge in [-0.25, -0.2) is 13.2 Å². The molecule has 0 saturated heterocycles. The highest BCUT2D eigenvalue weighted by molar-refractivity contribution is 6.08. The summed E-state index contributed by atoms with van der Waals surface area (Å²) in [5.41, 5.74) is 2.79. The summed E-state index contributed by atoms with van der Waals surface area (Å²) in [6.45, 7) is 6.32. The minimum absolute atomic E-state index is 0.375. The van der Waals surface area contributed by atoms with Crippen LogP contribution in [-0.2, 0) is 13.0 Å². The van der Waals surface area contributed by atoms with Gasteiger partial charge in [0.1, 0.15) is 5.69 Å². The first-order valence-corrected chi connectivity index (χ1v) is 8.45. The van der Waals surface area contributed by atoms with Crippen molar-refractivity contribution >= 4 is 22.5 Å². The lowest BCUT2D eigenvalue weighted by Gasteiger charge is -2.11. The highest BCUT2D eigenvalue weighted by Crippen LogP contribution is 2.28. The number of fused-ring (bicyclic) bond motifs is 1. The van der Waals surface area contributed by atoms with Crippen LogP contribution in [0, 0.1) is 24.4 Å². The summed E-state index contributed by atoms with van der Waals surface area (Å²) in [6, 6.07) is 7.79. The lowest BCUT2D eigenvalue weighted by Crippen LogP contribution is -2.19. The number of anilines is 1. The van der Waals surface area contributed by atoms with E-state index in [2.05, 4.69) is 5.32 Å². The maximum atomic E-state index is 13.9. The first kappa shape index (κ1) is 18.0. The number of rotatable bonds is 4. The monoisotopic (exact) mass is 360 g/mol. The van der Waals surface area contributed by atoms with E-state index < -0.39 is 29.0 Å². The Hall–Kier alpha value is -2.76. The standard InChI is InChI=1S/C20H19F3N2O/c1-4-12-6-9-16-13(10-12)11(3)19(25(16)5-2)20(26)24-15-8-7-14(21)17(22)18(15)23/h6-10H,4-5H2,1-3H3,(H,24,26). The second-order valence-corrected chi connectivity index (χ2v) is 6.10. The number of nitrogens with zero attached hydrogens (tertiary/aromatic N) is 1. The van der Waals surface area contributed by atoms with E-state index in [0.717, 1.165) is 40.6 Å². The molecule has 2 aromatic carbocycles. The molecule has 6 heteroatoms. The Morgan fingerprint density at radius 3 is 2.46 bits per heavy atom. The van der Waals surface area contributed by atoms with Gasteiger partial charge < -0.3 is 9.88 Å².